The van der Waals surface area contributed by atoms with Crippen LogP contribution in [0.15, 0.2) is 40.9 Å². The van der Waals surface area contributed by atoms with Gasteiger partial charge in [-0.05, 0) is 65.0 Å². The molecular weight excluding hydrogens is 396 g/mol. The molecular formula is C22H22N6O3. The first-order valence-corrected chi connectivity index (χ1v) is 9.71. The summed E-state index contributed by atoms with van der Waals surface area (Å²) in [7, 11) is 0. The van der Waals surface area contributed by atoms with E-state index in [4.69, 9.17) is 9.26 Å². The highest BCUT2D eigenvalue weighted by Gasteiger charge is 2.17. The molecule has 3 aromatic heterocycles. The van der Waals surface area contributed by atoms with Crippen LogP contribution in [0.25, 0.3) is 5.82 Å². The van der Waals surface area contributed by atoms with E-state index in [0.717, 1.165) is 11.4 Å². The zero-order chi connectivity index (χ0) is 22.1. The smallest absolute Gasteiger partial charge is 0.261 e. The summed E-state index contributed by atoms with van der Waals surface area (Å²) < 4.78 is 12.7. The van der Waals surface area contributed by atoms with Gasteiger partial charge in [0, 0.05) is 17.4 Å². The lowest BCUT2D eigenvalue weighted by Gasteiger charge is -2.10. The second-order valence-electron chi connectivity index (χ2n) is 7.23. The van der Waals surface area contributed by atoms with Crippen molar-refractivity contribution in [1.29, 1.82) is 0 Å². The Morgan fingerprint density at radius 2 is 1.77 bits per heavy atom. The summed E-state index contributed by atoms with van der Waals surface area (Å²) in [5.74, 6) is 2.40. The molecule has 4 aromatic rings. The first-order valence-electron chi connectivity index (χ1n) is 9.71. The van der Waals surface area contributed by atoms with Crippen LogP contribution in [0, 0.1) is 34.6 Å². The predicted octanol–water partition coefficient (Wildman–Crippen LogP) is 4.24. The number of amides is 1. The Labute approximate surface area is 179 Å². The molecule has 0 aliphatic rings. The monoisotopic (exact) mass is 418 g/mol. The Morgan fingerprint density at radius 3 is 2.39 bits per heavy atom. The van der Waals surface area contributed by atoms with Gasteiger partial charge in [-0.3, -0.25) is 4.79 Å². The van der Waals surface area contributed by atoms with Gasteiger partial charge < -0.3 is 14.6 Å². The number of ether oxygens (including phenoxy) is 1. The molecule has 9 heteroatoms. The van der Waals surface area contributed by atoms with Gasteiger partial charge in [0.05, 0.1) is 11.4 Å². The molecule has 31 heavy (non-hydrogen) atoms. The first-order chi connectivity index (χ1) is 14.8. The number of hydrogen-bond acceptors (Lipinski definition) is 7. The fraction of sp³-hybridized carbons (Fsp3) is 0.227. The summed E-state index contributed by atoms with van der Waals surface area (Å²) in [6.07, 6.45) is 0. The van der Waals surface area contributed by atoms with E-state index in [-0.39, 0.29) is 5.91 Å². The van der Waals surface area contributed by atoms with Crippen molar-refractivity contribution in [1.82, 2.24) is 24.9 Å². The Balaban J connectivity index is 1.50. The highest BCUT2D eigenvalue weighted by atomic mass is 16.5. The number of rotatable bonds is 5. The largest absolute Gasteiger partial charge is 0.439 e. The lowest BCUT2D eigenvalue weighted by molar-refractivity contribution is 0.102. The molecule has 3 heterocycles. The normalized spacial score (nSPS) is 10.9. The lowest BCUT2D eigenvalue weighted by Crippen LogP contribution is -2.13. The second-order valence-corrected chi connectivity index (χ2v) is 7.23. The number of aryl methyl sites for hydroxylation is 5. The van der Waals surface area contributed by atoms with Gasteiger partial charge in [0.25, 0.3) is 5.91 Å². The lowest BCUT2D eigenvalue weighted by atomic mass is 10.2. The third kappa shape index (κ3) is 4.30. The zero-order valence-corrected chi connectivity index (χ0v) is 17.9. The molecule has 0 unspecified atom stereocenters. The van der Waals surface area contributed by atoms with Gasteiger partial charge in [0.15, 0.2) is 5.82 Å². The van der Waals surface area contributed by atoms with Crippen molar-refractivity contribution in [2.75, 3.05) is 5.32 Å². The van der Waals surface area contributed by atoms with Crippen LogP contribution in [0.1, 0.15) is 39.0 Å². The third-order valence-electron chi connectivity index (χ3n) is 4.62. The Bertz CT molecular complexity index is 1240. The molecule has 0 fully saturated rings. The van der Waals surface area contributed by atoms with Crippen molar-refractivity contribution in [3.63, 3.8) is 0 Å². The molecule has 0 atom stereocenters. The zero-order valence-electron chi connectivity index (χ0n) is 17.9. The quantitative estimate of drug-likeness (QED) is 0.516. The maximum Gasteiger partial charge on any atom is 0.261 e. The molecule has 0 aliphatic heterocycles. The van der Waals surface area contributed by atoms with Crippen molar-refractivity contribution in [2.45, 2.75) is 34.6 Å². The number of hydrogen-bond donors (Lipinski definition) is 1. The number of nitrogens with one attached hydrogen (secondary N) is 1. The molecule has 0 saturated carbocycles. The summed E-state index contributed by atoms with van der Waals surface area (Å²) in [6, 6.07) is 10.7. The number of anilines is 1. The minimum atomic E-state index is -0.272. The van der Waals surface area contributed by atoms with Crippen LogP contribution in [0.5, 0.6) is 11.6 Å². The number of benzene rings is 1. The molecule has 1 aromatic carbocycles. The molecule has 0 spiro atoms. The average molecular weight is 418 g/mol. The number of nitrogens with zero attached hydrogens (tertiary/aromatic N) is 5. The van der Waals surface area contributed by atoms with E-state index in [1.807, 2.05) is 19.9 Å². The van der Waals surface area contributed by atoms with E-state index in [1.165, 1.54) is 0 Å². The van der Waals surface area contributed by atoms with Crippen LogP contribution in [-0.4, -0.2) is 30.8 Å². The van der Waals surface area contributed by atoms with E-state index in [1.54, 1.807) is 55.8 Å². The standard InChI is InChI=1S/C22H22N6O3/c1-12-10-13(2)28(26-12)19-11-20(24-16(5)23-19)30-18-8-6-17(7-9-18)25-22(29)21-14(3)27-31-15(21)4/h6-11H,1-5H3,(H,25,29). The van der Waals surface area contributed by atoms with Gasteiger partial charge in [-0.2, -0.15) is 10.1 Å². The maximum atomic E-state index is 12.5. The van der Waals surface area contributed by atoms with Crippen LogP contribution in [0.2, 0.25) is 0 Å². The number of carbonyl (C=O) groups is 1. The van der Waals surface area contributed by atoms with Crippen molar-refractivity contribution < 1.29 is 14.1 Å². The van der Waals surface area contributed by atoms with Gasteiger partial charge in [0.2, 0.25) is 5.88 Å². The van der Waals surface area contributed by atoms with E-state index in [2.05, 4.69) is 25.5 Å². The van der Waals surface area contributed by atoms with Crippen molar-refractivity contribution in [2.24, 2.45) is 0 Å². The van der Waals surface area contributed by atoms with Gasteiger partial charge >= 0.3 is 0 Å². The minimum absolute atomic E-state index is 0.272. The van der Waals surface area contributed by atoms with E-state index in [0.29, 0.717) is 46.0 Å². The van der Waals surface area contributed by atoms with Crippen LogP contribution in [0.3, 0.4) is 0 Å². The van der Waals surface area contributed by atoms with Crippen molar-refractivity contribution in [3.8, 4) is 17.4 Å². The summed E-state index contributed by atoms with van der Waals surface area (Å²) in [4.78, 5) is 21.3. The summed E-state index contributed by atoms with van der Waals surface area (Å²) in [5.41, 5.74) is 3.49. The Morgan fingerprint density at radius 1 is 1.03 bits per heavy atom. The number of aromatic nitrogens is 5. The van der Waals surface area contributed by atoms with Crippen LogP contribution < -0.4 is 10.1 Å². The minimum Gasteiger partial charge on any atom is -0.439 e. The molecule has 0 saturated heterocycles. The second kappa shape index (κ2) is 8.02. The molecule has 4 rings (SSSR count). The van der Waals surface area contributed by atoms with Gasteiger partial charge in [-0.25, -0.2) is 9.67 Å². The molecule has 0 aliphatic carbocycles. The Hall–Kier alpha value is -4.01. The fourth-order valence-corrected chi connectivity index (χ4v) is 3.27. The van der Waals surface area contributed by atoms with E-state index in [9.17, 15) is 4.79 Å². The number of carbonyl (C=O) groups excluding carboxylic acids is 1. The molecule has 0 bridgehead atoms. The molecule has 0 radical (unpaired) electrons. The van der Waals surface area contributed by atoms with Crippen LogP contribution in [-0.2, 0) is 0 Å². The Kier molecular flexibility index (Phi) is 5.24. The SMILES string of the molecule is Cc1cc(C)n(-c2cc(Oc3ccc(NC(=O)c4c(C)noc4C)cc3)nc(C)n2)n1. The summed E-state index contributed by atoms with van der Waals surface area (Å²) in [5, 5.41) is 11.1. The highest BCUT2D eigenvalue weighted by Crippen LogP contribution is 2.24. The van der Waals surface area contributed by atoms with E-state index < -0.39 is 0 Å². The van der Waals surface area contributed by atoms with Crippen molar-refractivity contribution in [3.05, 3.63) is 70.6 Å². The van der Waals surface area contributed by atoms with Gasteiger partial charge in [-0.1, -0.05) is 5.16 Å². The molecule has 9 nitrogen and oxygen atoms in total. The van der Waals surface area contributed by atoms with E-state index >= 15 is 0 Å². The summed E-state index contributed by atoms with van der Waals surface area (Å²) >= 11 is 0. The van der Waals surface area contributed by atoms with Crippen LogP contribution >= 0.6 is 0 Å². The predicted molar refractivity (Wildman–Crippen MR) is 114 cm³/mol. The topological polar surface area (TPSA) is 108 Å². The third-order valence-corrected chi connectivity index (χ3v) is 4.62. The molecule has 158 valence electrons. The highest BCUT2D eigenvalue weighted by molar-refractivity contribution is 6.05. The van der Waals surface area contributed by atoms with Gasteiger partial charge in [-0.15, -0.1) is 0 Å². The molecule has 1 N–H and O–H groups in total. The van der Waals surface area contributed by atoms with Gasteiger partial charge in [0.1, 0.15) is 22.9 Å². The average Bonchev–Trinajstić information content (AvgIpc) is 3.23. The van der Waals surface area contributed by atoms with Crippen molar-refractivity contribution >= 4 is 11.6 Å². The fourth-order valence-electron chi connectivity index (χ4n) is 3.27. The summed E-state index contributed by atoms with van der Waals surface area (Å²) in [6.45, 7) is 9.13. The first kappa shape index (κ1) is 20.3. The van der Waals surface area contributed by atoms with Crippen LogP contribution in [0.4, 0.5) is 5.69 Å². The molecule has 1 amide bonds. The maximum absolute atomic E-state index is 12.5.